The number of nitrogens with one attached hydrogen (secondary N) is 1. The number of carboxylic acids is 1. The van der Waals surface area contributed by atoms with Gasteiger partial charge in [-0.05, 0) is 42.0 Å². The topological polar surface area (TPSA) is 95.9 Å². The van der Waals surface area contributed by atoms with Gasteiger partial charge in [0, 0.05) is 24.3 Å². The van der Waals surface area contributed by atoms with E-state index in [4.69, 9.17) is 9.84 Å². The predicted molar refractivity (Wildman–Crippen MR) is 98.9 cm³/mol. The van der Waals surface area contributed by atoms with Gasteiger partial charge in [0.2, 0.25) is 5.91 Å². The van der Waals surface area contributed by atoms with Gasteiger partial charge in [0.05, 0.1) is 25.2 Å². The molecule has 7 nitrogen and oxygen atoms in total. The van der Waals surface area contributed by atoms with Crippen LogP contribution in [0.15, 0.2) is 48.5 Å². The molecule has 1 saturated heterocycles. The fourth-order valence-electron chi connectivity index (χ4n) is 2.85. The number of morpholine rings is 1. The second kappa shape index (κ2) is 8.46. The molecule has 1 heterocycles. The van der Waals surface area contributed by atoms with Crippen LogP contribution in [-0.4, -0.2) is 54.1 Å². The molecule has 2 aromatic carbocycles. The van der Waals surface area contributed by atoms with Crippen molar-refractivity contribution < 1.29 is 24.2 Å². The van der Waals surface area contributed by atoms with E-state index in [-0.39, 0.29) is 23.8 Å². The molecule has 7 heteroatoms. The summed E-state index contributed by atoms with van der Waals surface area (Å²) in [4.78, 5) is 37.3. The Morgan fingerprint density at radius 3 is 2.37 bits per heavy atom. The van der Waals surface area contributed by atoms with Gasteiger partial charge in [-0.25, -0.2) is 4.79 Å². The number of hydrogen-bond donors (Lipinski definition) is 2. The number of hydrogen-bond acceptors (Lipinski definition) is 4. The van der Waals surface area contributed by atoms with Crippen LogP contribution in [-0.2, 0) is 16.0 Å². The molecule has 0 atom stereocenters. The Labute approximate surface area is 156 Å². The Bertz CT molecular complexity index is 842. The molecule has 0 radical (unpaired) electrons. The smallest absolute Gasteiger partial charge is 0.335 e. The molecular weight excluding hydrogens is 348 g/mol. The molecule has 140 valence electrons. The standard InChI is InChI=1S/C20H20N2O5/c23-18(13-14-2-1-3-16(12-14)20(25)26)21-17-6-4-15(5-7-17)19(24)22-8-10-27-11-9-22/h1-7,12H,8-11,13H2,(H,21,23)(H,25,26). The van der Waals surface area contributed by atoms with E-state index in [0.717, 1.165) is 0 Å². The average molecular weight is 368 g/mol. The van der Waals surface area contributed by atoms with Crippen molar-refractivity contribution >= 4 is 23.5 Å². The summed E-state index contributed by atoms with van der Waals surface area (Å²) >= 11 is 0. The lowest BCUT2D eigenvalue weighted by atomic mass is 10.1. The van der Waals surface area contributed by atoms with Gasteiger partial charge in [-0.1, -0.05) is 12.1 Å². The number of amides is 2. The molecule has 0 unspecified atom stereocenters. The number of carbonyl (C=O) groups is 3. The third-order valence-corrected chi connectivity index (χ3v) is 4.25. The van der Waals surface area contributed by atoms with Crippen molar-refractivity contribution in [1.82, 2.24) is 4.90 Å². The summed E-state index contributed by atoms with van der Waals surface area (Å²) in [5, 5.41) is 11.8. The molecule has 0 aromatic heterocycles. The van der Waals surface area contributed by atoms with Gasteiger partial charge in [0.15, 0.2) is 0 Å². The first-order valence-electron chi connectivity index (χ1n) is 8.62. The van der Waals surface area contributed by atoms with E-state index in [2.05, 4.69) is 5.32 Å². The molecule has 2 N–H and O–H groups in total. The van der Waals surface area contributed by atoms with Crippen molar-refractivity contribution in [1.29, 1.82) is 0 Å². The Morgan fingerprint density at radius 2 is 1.70 bits per heavy atom. The number of benzene rings is 2. The number of ether oxygens (including phenoxy) is 1. The minimum absolute atomic E-state index is 0.0540. The lowest BCUT2D eigenvalue weighted by Crippen LogP contribution is -2.40. The van der Waals surface area contributed by atoms with E-state index in [1.54, 1.807) is 41.3 Å². The predicted octanol–water partition coefficient (Wildman–Crippen LogP) is 2.04. The van der Waals surface area contributed by atoms with Gasteiger partial charge in [0.25, 0.3) is 5.91 Å². The quantitative estimate of drug-likeness (QED) is 0.842. The maximum atomic E-state index is 12.4. The van der Waals surface area contributed by atoms with Gasteiger partial charge < -0.3 is 20.1 Å². The largest absolute Gasteiger partial charge is 0.478 e. The third-order valence-electron chi connectivity index (χ3n) is 4.25. The molecule has 1 aliphatic heterocycles. The van der Waals surface area contributed by atoms with E-state index < -0.39 is 5.97 Å². The molecule has 2 amide bonds. The molecule has 0 saturated carbocycles. The molecule has 0 aliphatic carbocycles. The maximum Gasteiger partial charge on any atom is 0.335 e. The second-order valence-electron chi connectivity index (χ2n) is 6.21. The number of aromatic carboxylic acids is 1. The van der Waals surface area contributed by atoms with Crippen molar-refractivity contribution in [3.05, 3.63) is 65.2 Å². The minimum atomic E-state index is -1.03. The van der Waals surface area contributed by atoms with Crippen molar-refractivity contribution in [2.75, 3.05) is 31.6 Å². The molecule has 0 spiro atoms. The monoisotopic (exact) mass is 368 g/mol. The molecule has 1 fully saturated rings. The SMILES string of the molecule is O=C(Cc1cccc(C(=O)O)c1)Nc1ccc(C(=O)N2CCOCC2)cc1. The van der Waals surface area contributed by atoms with E-state index >= 15 is 0 Å². The Hall–Kier alpha value is -3.19. The number of carbonyl (C=O) groups excluding carboxylic acids is 2. The maximum absolute atomic E-state index is 12.4. The van der Waals surface area contributed by atoms with Crippen LogP contribution in [0.1, 0.15) is 26.3 Å². The summed E-state index contributed by atoms with van der Waals surface area (Å²) in [5.74, 6) is -1.34. The number of anilines is 1. The van der Waals surface area contributed by atoms with Crippen LogP contribution >= 0.6 is 0 Å². The summed E-state index contributed by atoms with van der Waals surface area (Å²) in [6, 6.07) is 13.0. The summed E-state index contributed by atoms with van der Waals surface area (Å²) in [6.07, 6.45) is 0.0651. The number of rotatable bonds is 5. The van der Waals surface area contributed by atoms with Crippen molar-refractivity contribution in [2.24, 2.45) is 0 Å². The molecule has 27 heavy (non-hydrogen) atoms. The van der Waals surface area contributed by atoms with Crippen LogP contribution in [0.2, 0.25) is 0 Å². The molecule has 3 rings (SSSR count). The highest BCUT2D eigenvalue weighted by Crippen LogP contribution is 2.14. The Balaban J connectivity index is 1.59. The highest BCUT2D eigenvalue weighted by molar-refractivity contribution is 5.96. The van der Waals surface area contributed by atoms with Crippen LogP contribution < -0.4 is 5.32 Å². The number of carboxylic acid groups (broad SMARTS) is 1. The van der Waals surface area contributed by atoms with Crippen molar-refractivity contribution in [3.63, 3.8) is 0 Å². The van der Waals surface area contributed by atoms with Crippen LogP contribution in [0, 0.1) is 0 Å². The zero-order chi connectivity index (χ0) is 19.2. The lowest BCUT2D eigenvalue weighted by molar-refractivity contribution is -0.115. The average Bonchev–Trinajstić information content (AvgIpc) is 2.69. The van der Waals surface area contributed by atoms with Gasteiger partial charge in [-0.3, -0.25) is 9.59 Å². The summed E-state index contributed by atoms with van der Waals surface area (Å²) in [5.41, 5.74) is 1.90. The van der Waals surface area contributed by atoms with Gasteiger partial charge in [-0.2, -0.15) is 0 Å². The normalized spacial score (nSPS) is 13.9. The zero-order valence-electron chi connectivity index (χ0n) is 14.7. The van der Waals surface area contributed by atoms with E-state index in [1.165, 1.54) is 12.1 Å². The fourth-order valence-corrected chi connectivity index (χ4v) is 2.85. The third kappa shape index (κ3) is 4.92. The van der Waals surface area contributed by atoms with Crippen molar-refractivity contribution in [2.45, 2.75) is 6.42 Å². The second-order valence-corrected chi connectivity index (χ2v) is 6.21. The first-order valence-corrected chi connectivity index (χ1v) is 8.62. The molecular formula is C20H20N2O5. The highest BCUT2D eigenvalue weighted by Gasteiger charge is 2.18. The first kappa shape index (κ1) is 18.6. The fraction of sp³-hybridized carbons (Fsp3) is 0.250. The zero-order valence-corrected chi connectivity index (χ0v) is 14.7. The van der Waals surface area contributed by atoms with Gasteiger partial charge >= 0.3 is 5.97 Å². The lowest BCUT2D eigenvalue weighted by Gasteiger charge is -2.26. The highest BCUT2D eigenvalue weighted by atomic mass is 16.5. The minimum Gasteiger partial charge on any atom is -0.478 e. The van der Waals surface area contributed by atoms with Crippen LogP contribution in [0.5, 0.6) is 0 Å². The summed E-state index contributed by atoms with van der Waals surface area (Å²) in [7, 11) is 0. The molecule has 0 bridgehead atoms. The van der Waals surface area contributed by atoms with Crippen LogP contribution in [0.3, 0.4) is 0 Å². The summed E-state index contributed by atoms with van der Waals surface area (Å²) in [6.45, 7) is 2.24. The number of nitrogens with zero attached hydrogens (tertiary/aromatic N) is 1. The van der Waals surface area contributed by atoms with Gasteiger partial charge in [0.1, 0.15) is 0 Å². The van der Waals surface area contributed by atoms with E-state index in [9.17, 15) is 14.4 Å². The Kier molecular flexibility index (Phi) is 5.83. The Morgan fingerprint density at radius 1 is 1.00 bits per heavy atom. The van der Waals surface area contributed by atoms with E-state index in [1.807, 2.05) is 0 Å². The van der Waals surface area contributed by atoms with E-state index in [0.29, 0.717) is 43.1 Å². The summed E-state index contributed by atoms with van der Waals surface area (Å²) < 4.78 is 5.24. The van der Waals surface area contributed by atoms with Crippen molar-refractivity contribution in [3.8, 4) is 0 Å². The first-order chi connectivity index (χ1) is 13.0. The van der Waals surface area contributed by atoms with Crippen LogP contribution in [0.4, 0.5) is 5.69 Å². The molecule has 2 aromatic rings. The van der Waals surface area contributed by atoms with Crippen LogP contribution in [0.25, 0.3) is 0 Å². The van der Waals surface area contributed by atoms with Gasteiger partial charge in [-0.15, -0.1) is 0 Å². The molecule has 1 aliphatic rings.